The Morgan fingerprint density at radius 3 is 2.52 bits per heavy atom. The van der Waals surface area contributed by atoms with Crippen LogP contribution in [0.15, 0.2) is 0 Å². The highest BCUT2D eigenvalue weighted by Crippen LogP contribution is 2.27. The molecule has 1 heterocycles. The highest BCUT2D eigenvalue weighted by molar-refractivity contribution is 5.80. The van der Waals surface area contributed by atoms with Gasteiger partial charge in [-0.15, -0.1) is 0 Å². The molecule has 0 spiro atoms. The van der Waals surface area contributed by atoms with E-state index in [-0.39, 0.29) is 25.5 Å². The number of amides is 1. The Morgan fingerprint density at radius 2 is 1.89 bits per heavy atom. The van der Waals surface area contributed by atoms with E-state index in [1.807, 2.05) is 0 Å². The number of aliphatic hydroxyl groups excluding tert-OH is 3. The van der Waals surface area contributed by atoms with E-state index in [0.717, 1.165) is 6.42 Å². The van der Waals surface area contributed by atoms with Gasteiger partial charge >= 0.3 is 0 Å². The minimum absolute atomic E-state index is 0.0915. The Bertz CT molecular complexity index is 486. The molecule has 0 bridgehead atoms. The monoisotopic (exact) mass is 391 g/mol. The van der Waals surface area contributed by atoms with Gasteiger partial charge in [0.25, 0.3) is 0 Å². The zero-order valence-corrected chi connectivity index (χ0v) is 15.3. The van der Waals surface area contributed by atoms with Crippen molar-refractivity contribution in [1.29, 1.82) is 0 Å². The molecule has 1 saturated heterocycles. The fraction of sp³-hybridized carbons (Fsp3) is 0.938. The van der Waals surface area contributed by atoms with Crippen LogP contribution in [0.2, 0.25) is 0 Å². The molecule has 0 radical (unpaired) electrons. The molecule has 0 aromatic heterocycles. The molecule has 0 unspecified atom stereocenters. The van der Waals surface area contributed by atoms with Gasteiger partial charge in [-0.1, -0.05) is 0 Å². The molecule has 1 saturated carbocycles. The number of nitrogens with two attached hydrogens (primary N) is 4. The molecule has 2 fully saturated rings. The molecule has 12 N–H and O–H groups in total. The van der Waals surface area contributed by atoms with Crippen LogP contribution in [0, 0.1) is 0 Å². The second kappa shape index (κ2) is 10.0. The second-order valence-corrected chi connectivity index (χ2v) is 7.29. The van der Waals surface area contributed by atoms with E-state index in [4.69, 9.17) is 32.4 Å². The van der Waals surface area contributed by atoms with E-state index in [2.05, 4.69) is 5.32 Å². The molecule has 2 rings (SSSR count). The van der Waals surface area contributed by atoms with Crippen molar-refractivity contribution in [3.8, 4) is 0 Å². The standard InChI is InChI=1S/C16H33N5O6/c17-4-3-11(22)15(25)21-10-5-9(20)14(13(24)12(10)23)27-16-8(19)2-1-7(6-18)26-16/h7-14,16,22-24H,1-6,17-20H2,(H,21,25)/t7-,8+,9-,10+,11-,12-,13-,14+,16-/m0/s1. The van der Waals surface area contributed by atoms with Crippen molar-refractivity contribution in [2.45, 2.75) is 80.6 Å². The third-order valence-corrected chi connectivity index (χ3v) is 5.17. The summed E-state index contributed by atoms with van der Waals surface area (Å²) in [6.07, 6.45) is -4.26. The fourth-order valence-electron chi connectivity index (χ4n) is 3.48. The summed E-state index contributed by atoms with van der Waals surface area (Å²) >= 11 is 0. The van der Waals surface area contributed by atoms with E-state index < -0.39 is 54.7 Å². The lowest BCUT2D eigenvalue weighted by Crippen LogP contribution is -2.65. The van der Waals surface area contributed by atoms with Gasteiger partial charge in [0.05, 0.1) is 18.2 Å². The van der Waals surface area contributed by atoms with Crippen molar-refractivity contribution in [1.82, 2.24) is 5.32 Å². The topological polar surface area (TPSA) is 212 Å². The first-order valence-corrected chi connectivity index (χ1v) is 9.35. The lowest BCUT2D eigenvalue weighted by atomic mass is 9.84. The minimum Gasteiger partial charge on any atom is -0.388 e. The van der Waals surface area contributed by atoms with E-state index in [9.17, 15) is 20.1 Å². The molecule has 1 aliphatic carbocycles. The third-order valence-electron chi connectivity index (χ3n) is 5.17. The van der Waals surface area contributed by atoms with Crippen LogP contribution in [0.5, 0.6) is 0 Å². The van der Waals surface area contributed by atoms with Crippen LogP contribution in [-0.4, -0.2) is 89.3 Å². The van der Waals surface area contributed by atoms with Crippen LogP contribution in [0.1, 0.15) is 25.7 Å². The van der Waals surface area contributed by atoms with Crippen LogP contribution >= 0.6 is 0 Å². The third kappa shape index (κ3) is 5.56. The summed E-state index contributed by atoms with van der Waals surface area (Å²) in [5, 5.41) is 33.0. The van der Waals surface area contributed by atoms with Gasteiger partial charge in [0.1, 0.15) is 24.4 Å². The molecule has 2 aliphatic rings. The molecule has 0 aromatic carbocycles. The van der Waals surface area contributed by atoms with Gasteiger partial charge in [0.15, 0.2) is 6.29 Å². The van der Waals surface area contributed by atoms with Gasteiger partial charge in [0, 0.05) is 12.6 Å². The second-order valence-electron chi connectivity index (χ2n) is 7.29. The summed E-state index contributed by atoms with van der Waals surface area (Å²) in [5.74, 6) is -0.674. The zero-order valence-electron chi connectivity index (χ0n) is 15.3. The molecule has 27 heavy (non-hydrogen) atoms. The smallest absolute Gasteiger partial charge is 0.249 e. The molecule has 1 aliphatic heterocycles. The first-order valence-electron chi connectivity index (χ1n) is 9.35. The number of rotatable bonds is 7. The van der Waals surface area contributed by atoms with E-state index in [0.29, 0.717) is 13.0 Å². The van der Waals surface area contributed by atoms with E-state index in [1.54, 1.807) is 0 Å². The Labute approximate surface area is 158 Å². The van der Waals surface area contributed by atoms with Crippen molar-refractivity contribution in [2.24, 2.45) is 22.9 Å². The summed E-state index contributed by atoms with van der Waals surface area (Å²) < 4.78 is 11.5. The quantitative estimate of drug-likeness (QED) is 0.209. The van der Waals surface area contributed by atoms with Crippen molar-refractivity contribution in [3.05, 3.63) is 0 Å². The summed E-state index contributed by atoms with van der Waals surface area (Å²) in [4.78, 5) is 11.9. The van der Waals surface area contributed by atoms with Crippen LogP contribution in [0.4, 0.5) is 0 Å². The lowest BCUT2D eigenvalue weighted by Gasteiger charge is -2.44. The van der Waals surface area contributed by atoms with Gasteiger partial charge < -0.3 is 53.0 Å². The van der Waals surface area contributed by atoms with Gasteiger partial charge in [-0.2, -0.15) is 0 Å². The highest BCUT2D eigenvalue weighted by atomic mass is 16.7. The average molecular weight is 391 g/mol. The molecule has 0 aromatic rings. The largest absolute Gasteiger partial charge is 0.388 e. The Morgan fingerprint density at radius 1 is 1.19 bits per heavy atom. The van der Waals surface area contributed by atoms with Crippen molar-refractivity contribution >= 4 is 5.91 Å². The number of ether oxygens (including phenoxy) is 2. The van der Waals surface area contributed by atoms with Gasteiger partial charge in [-0.05, 0) is 32.2 Å². The number of carbonyl (C=O) groups is 1. The Hall–Kier alpha value is -0.890. The van der Waals surface area contributed by atoms with Gasteiger partial charge in [-0.3, -0.25) is 4.79 Å². The van der Waals surface area contributed by atoms with Crippen molar-refractivity contribution in [3.63, 3.8) is 0 Å². The number of nitrogens with one attached hydrogen (secondary N) is 1. The molecule has 1 amide bonds. The molecular formula is C16H33N5O6. The van der Waals surface area contributed by atoms with Crippen LogP contribution in [0.25, 0.3) is 0 Å². The minimum atomic E-state index is -1.36. The predicted molar refractivity (Wildman–Crippen MR) is 96.0 cm³/mol. The van der Waals surface area contributed by atoms with Crippen molar-refractivity contribution < 1.29 is 29.6 Å². The number of hydrogen-bond donors (Lipinski definition) is 8. The highest BCUT2D eigenvalue weighted by Gasteiger charge is 2.45. The summed E-state index contributed by atoms with van der Waals surface area (Å²) in [6.45, 7) is 0.471. The lowest BCUT2D eigenvalue weighted by molar-refractivity contribution is -0.252. The number of aliphatic hydroxyl groups is 3. The molecular weight excluding hydrogens is 358 g/mol. The molecule has 158 valence electrons. The van der Waals surface area contributed by atoms with Gasteiger partial charge in [-0.25, -0.2) is 0 Å². The van der Waals surface area contributed by atoms with Crippen molar-refractivity contribution in [2.75, 3.05) is 13.1 Å². The summed E-state index contributed by atoms with van der Waals surface area (Å²) in [6, 6.07) is -1.91. The van der Waals surface area contributed by atoms with E-state index in [1.165, 1.54) is 0 Å². The Balaban J connectivity index is 1.97. The first kappa shape index (κ1) is 22.4. The fourth-order valence-corrected chi connectivity index (χ4v) is 3.48. The molecule has 9 atom stereocenters. The molecule has 11 heteroatoms. The predicted octanol–water partition coefficient (Wildman–Crippen LogP) is -4.19. The van der Waals surface area contributed by atoms with E-state index >= 15 is 0 Å². The van der Waals surface area contributed by atoms with Gasteiger partial charge in [0.2, 0.25) is 5.91 Å². The summed E-state index contributed by atoms with van der Waals surface area (Å²) in [5.41, 5.74) is 23.1. The SMILES string of the molecule is NCC[C@H](O)C(=O)N[C@@H]1C[C@H](N)[C@@H](O[C@@H]2O[C@H](CN)CC[C@H]2N)[C@@H](O)[C@H]1O. The maximum Gasteiger partial charge on any atom is 0.249 e. The zero-order chi connectivity index (χ0) is 20.1. The number of carbonyl (C=O) groups excluding carboxylic acids is 1. The van der Waals surface area contributed by atoms with Crippen LogP contribution in [0.3, 0.4) is 0 Å². The maximum atomic E-state index is 11.9. The summed E-state index contributed by atoms with van der Waals surface area (Å²) in [7, 11) is 0. The first-order chi connectivity index (χ1) is 12.8. The van der Waals surface area contributed by atoms with Crippen LogP contribution < -0.4 is 28.3 Å². The average Bonchev–Trinajstić information content (AvgIpc) is 2.64. The Kier molecular flexibility index (Phi) is 8.34. The normalized spacial score (nSPS) is 41.1. The van der Waals surface area contributed by atoms with Crippen LogP contribution in [-0.2, 0) is 14.3 Å². The number of hydrogen-bond acceptors (Lipinski definition) is 10. The molecule has 11 nitrogen and oxygen atoms in total. The maximum absolute atomic E-state index is 11.9.